The summed E-state index contributed by atoms with van der Waals surface area (Å²) in [5.74, 6) is 0.698. The average Bonchev–Trinajstić information content (AvgIpc) is 3.02. The number of rotatable bonds is 5. The summed E-state index contributed by atoms with van der Waals surface area (Å²) in [6.45, 7) is 5.56. The molecule has 0 saturated heterocycles. The molecule has 26 heavy (non-hydrogen) atoms. The summed E-state index contributed by atoms with van der Waals surface area (Å²) < 4.78 is 1.83. The van der Waals surface area contributed by atoms with Crippen molar-refractivity contribution in [2.75, 3.05) is 5.32 Å². The first kappa shape index (κ1) is 17.3. The monoisotopic (exact) mass is 367 g/mol. The maximum Gasteiger partial charge on any atom is 0.263 e. The maximum atomic E-state index is 13.2. The molecule has 0 atom stereocenters. The zero-order valence-electron chi connectivity index (χ0n) is 15.5. The van der Waals surface area contributed by atoms with E-state index in [1.807, 2.05) is 4.57 Å². The van der Waals surface area contributed by atoms with E-state index in [0.717, 1.165) is 29.5 Å². The van der Waals surface area contributed by atoms with Crippen LogP contribution in [0.25, 0.3) is 10.2 Å². The van der Waals surface area contributed by atoms with Gasteiger partial charge in [-0.2, -0.15) is 0 Å². The van der Waals surface area contributed by atoms with E-state index in [1.54, 1.807) is 11.3 Å². The van der Waals surface area contributed by atoms with E-state index >= 15 is 0 Å². The number of hydrogen-bond donors (Lipinski definition) is 1. The van der Waals surface area contributed by atoms with Gasteiger partial charge in [-0.3, -0.25) is 9.36 Å². The van der Waals surface area contributed by atoms with Crippen LogP contribution >= 0.6 is 11.3 Å². The molecule has 0 unspecified atom stereocenters. The number of aryl methyl sites for hydroxylation is 3. The van der Waals surface area contributed by atoms with Crippen LogP contribution in [0.15, 0.2) is 29.1 Å². The molecule has 2 aromatic heterocycles. The van der Waals surface area contributed by atoms with Crippen molar-refractivity contribution in [2.24, 2.45) is 0 Å². The van der Waals surface area contributed by atoms with Gasteiger partial charge in [-0.25, -0.2) is 4.98 Å². The van der Waals surface area contributed by atoms with E-state index in [9.17, 15) is 4.79 Å². The number of nitrogens with one attached hydrogen (secondary N) is 1. The molecule has 1 aliphatic carbocycles. The highest BCUT2D eigenvalue weighted by Gasteiger charge is 2.21. The molecule has 4 rings (SSSR count). The third-order valence-electron chi connectivity index (χ3n) is 5.09. The smallest absolute Gasteiger partial charge is 0.263 e. The van der Waals surface area contributed by atoms with Gasteiger partial charge in [0.2, 0.25) is 5.95 Å². The molecule has 0 aliphatic heterocycles. The van der Waals surface area contributed by atoms with E-state index < -0.39 is 0 Å². The second kappa shape index (κ2) is 7.23. The predicted molar refractivity (Wildman–Crippen MR) is 109 cm³/mol. The van der Waals surface area contributed by atoms with Crippen LogP contribution in [0.5, 0.6) is 0 Å². The molecule has 0 bridgehead atoms. The first-order chi connectivity index (χ1) is 12.7. The van der Waals surface area contributed by atoms with E-state index in [0.29, 0.717) is 19.0 Å². The second-order valence-corrected chi connectivity index (χ2v) is 8.21. The molecule has 0 radical (unpaired) electrons. The van der Waals surface area contributed by atoms with Crippen LogP contribution in [-0.2, 0) is 25.9 Å². The number of fused-ring (bicyclic) bond motifs is 3. The molecule has 136 valence electrons. The Kier molecular flexibility index (Phi) is 4.81. The second-order valence-electron chi connectivity index (χ2n) is 7.12. The number of thiophene rings is 1. The SMILES string of the molecule is CCCn1c(NCc2ccc(C)cc2)nc2sc3c(c2c1=O)CCCC3. The van der Waals surface area contributed by atoms with Crippen LogP contribution in [-0.4, -0.2) is 9.55 Å². The fraction of sp³-hybridized carbons (Fsp3) is 0.429. The molecule has 0 spiro atoms. The lowest BCUT2D eigenvalue weighted by molar-refractivity contribution is 0.651. The number of anilines is 1. The molecule has 0 saturated carbocycles. The van der Waals surface area contributed by atoms with Crippen LogP contribution in [0.4, 0.5) is 5.95 Å². The van der Waals surface area contributed by atoms with Crippen molar-refractivity contribution in [1.29, 1.82) is 0 Å². The molecule has 1 aromatic carbocycles. The molecule has 1 aliphatic rings. The van der Waals surface area contributed by atoms with Gasteiger partial charge in [0.1, 0.15) is 4.83 Å². The molecule has 3 aromatic rings. The summed E-state index contributed by atoms with van der Waals surface area (Å²) in [6.07, 6.45) is 5.43. The lowest BCUT2D eigenvalue weighted by Gasteiger charge is -2.14. The standard InChI is InChI=1S/C21H25N3OS/c1-3-12-24-20(25)18-16-6-4-5-7-17(16)26-19(18)23-21(24)22-13-15-10-8-14(2)9-11-15/h8-11H,3-7,12-13H2,1-2H3,(H,22,23). The number of hydrogen-bond acceptors (Lipinski definition) is 4. The predicted octanol–water partition coefficient (Wildman–Crippen LogP) is 4.67. The summed E-state index contributed by atoms with van der Waals surface area (Å²) in [7, 11) is 0. The van der Waals surface area contributed by atoms with Gasteiger partial charge in [0.05, 0.1) is 5.39 Å². The van der Waals surface area contributed by atoms with Crippen LogP contribution in [0.1, 0.15) is 47.8 Å². The summed E-state index contributed by atoms with van der Waals surface area (Å²) in [6, 6.07) is 8.46. The van der Waals surface area contributed by atoms with E-state index in [1.165, 1.54) is 34.4 Å². The number of benzene rings is 1. The lowest BCUT2D eigenvalue weighted by Crippen LogP contribution is -2.25. The minimum atomic E-state index is 0.127. The highest BCUT2D eigenvalue weighted by atomic mass is 32.1. The lowest BCUT2D eigenvalue weighted by atomic mass is 9.97. The molecule has 5 heteroatoms. The van der Waals surface area contributed by atoms with Crippen LogP contribution in [0.2, 0.25) is 0 Å². The molecule has 1 N–H and O–H groups in total. The third kappa shape index (κ3) is 3.16. The zero-order valence-corrected chi connectivity index (χ0v) is 16.3. The van der Waals surface area contributed by atoms with E-state index in [2.05, 4.69) is 43.4 Å². The van der Waals surface area contributed by atoms with Gasteiger partial charge < -0.3 is 5.32 Å². The van der Waals surface area contributed by atoms with Crippen molar-refractivity contribution < 1.29 is 0 Å². The summed E-state index contributed by atoms with van der Waals surface area (Å²) in [4.78, 5) is 20.4. The minimum absolute atomic E-state index is 0.127. The fourth-order valence-corrected chi connectivity index (χ4v) is 4.94. The Morgan fingerprint density at radius 3 is 2.73 bits per heavy atom. The fourth-order valence-electron chi connectivity index (χ4n) is 3.69. The summed E-state index contributed by atoms with van der Waals surface area (Å²) in [5.41, 5.74) is 3.84. The Balaban J connectivity index is 1.74. The number of aromatic nitrogens is 2. The normalized spacial score (nSPS) is 13.8. The molecule has 2 heterocycles. The third-order valence-corrected chi connectivity index (χ3v) is 6.28. The highest BCUT2D eigenvalue weighted by Crippen LogP contribution is 2.34. The maximum absolute atomic E-state index is 13.2. The van der Waals surface area contributed by atoms with Crippen molar-refractivity contribution in [3.63, 3.8) is 0 Å². The number of nitrogens with zero attached hydrogens (tertiary/aromatic N) is 2. The van der Waals surface area contributed by atoms with Gasteiger partial charge in [-0.15, -0.1) is 11.3 Å². The first-order valence-corrected chi connectivity index (χ1v) is 10.3. The quantitative estimate of drug-likeness (QED) is 0.713. The topological polar surface area (TPSA) is 46.9 Å². The van der Waals surface area contributed by atoms with Crippen LogP contribution in [0.3, 0.4) is 0 Å². The summed E-state index contributed by atoms with van der Waals surface area (Å²) >= 11 is 1.71. The highest BCUT2D eigenvalue weighted by molar-refractivity contribution is 7.18. The molecule has 0 amide bonds. The van der Waals surface area contributed by atoms with Gasteiger partial charge in [-0.1, -0.05) is 36.8 Å². The van der Waals surface area contributed by atoms with Crippen LogP contribution in [0, 0.1) is 6.92 Å². The molecular weight excluding hydrogens is 342 g/mol. The molecular formula is C21H25N3OS. The van der Waals surface area contributed by atoms with E-state index in [-0.39, 0.29) is 5.56 Å². The van der Waals surface area contributed by atoms with Crippen molar-refractivity contribution in [1.82, 2.24) is 9.55 Å². The van der Waals surface area contributed by atoms with Crippen LogP contribution < -0.4 is 10.9 Å². The van der Waals surface area contributed by atoms with Crippen molar-refractivity contribution in [3.05, 3.63) is 56.2 Å². The Hall–Kier alpha value is -2.14. The van der Waals surface area contributed by atoms with Crippen molar-refractivity contribution in [3.8, 4) is 0 Å². The Morgan fingerprint density at radius 1 is 1.19 bits per heavy atom. The van der Waals surface area contributed by atoms with Gasteiger partial charge in [-0.05, 0) is 50.2 Å². The largest absolute Gasteiger partial charge is 0.351 e. The van der Waals surface area contributed by atoms with Crippen molar-refractivity contribution in [2.45, 2.75) is 59.0 Å². The average molecular weight is 368 g/mol. The van der Waals surface area contributed by atoms with Gasteiger partial charge in [0.25, 0.3) is 5.56 Å². The molecule has 4 nitrogen and oxygen atoms in total. The first-order valence-electron chi connectivity index (χ1n) is 9.52. The van der Waals surface area contributed by atoms with Gasteiger partial charge in [0.15, 0.2) is 0 Å². The van der Waals surface area contributed by atoms with Gasteiger partial charge in [0, 0.05) is 18.0 Å². The Morgan fingerprint density at radius 2 is 1.96 bits per heavy atom. The van der Waals surface area contributed by atoms with Crippen molar-refractivity contribution >= 4 is 27.5 Å². The Bertz CT molecular complexity index is 985. The van der Waals surface area contributed by atoms with E-state index in [4.69, 9.17) is 4.98 Å². The Labute approximate surface area is 157 Å². The summed E-state index contributed by atoms with van der Waals surface area (Å²) in [5, 5.41) is 4.28. The molecule has 0 fully saturated rings. The zero-order chi connectivity index (χ0) is 18.1. The van der Waals surface area contributed by atoms with Gasteiger partial charge >= 0.3 is 0 Å². The minimum Gasteiger partial charge on any atom is -0.351 e.